The van der Waals surface area contributed by atoms with Crippen molar-refractivity contribution in [3.05, 3.63) is 102 Å². The molecule has 0 radical (unpaired) electrons. The number of nitrogens with zero attached hydrogens (tertiary/aromatic N) is 2. The predicted molar refractivity (Wildman–Crippen MR) is 133 cm³/mol. The van der Waals surface area contributed by atoms with Crippen molar-refractivity contribution < 1.29 is 18.0 Å². The van der Waals surface area contributed by atoms with Crippen LogP contribution >= 0.6 is 0 Å². The summed E-state index contributed by atoms with van der Waals surface area (Å²) >= 11 is 0. The Kier molecular flexibility index (Phi) is 6.93. The highest BCUT2D eigenvalue weighted by atomic mass is 32.2. The number of anilines is 1. The highest BCUT2D eigenvalue weighted by molar-refractivity contribution is 7.92. The lowest BCUT2D eigenvalue weighted by Crippen LogP contribution is -2.41. The van der Waals surface area contributed by atoms with E-state index in [1.54, 1.807) is 16.9 Å². The normalized spacial score (nSPS) is 11.0. The van der Waals surface area contributed by atoms with Crippen LogP contribution in [-0.4, -0.2) is 35.8 Å². The summed E-state index contributed by atoms with van der Waals surface area (Å²) in [6.45, 7) is 1.51. The van der Waals surface area contributed by atoms with Gasteiger partial charge in [-0.3, -0.25) is 25.2 Å². The van der Waals surface area contributed by atoms with Crippen LogP contribution in [0.1, 0.15) is 27.6 Å². The van der Waals surface area contributed by atoms with Gasteiger partial charge in [-0.2, -0.15) is 5.10 Å². The lowest BCUT2D eigenvalue weighted by molar-refractivity contribution is 0.0847. The van der Waals surface area contributed by atoms with Crippen LogP contribution in [-0.2, 0) is 10.0 Å². The zero-order valence-corrected chi connectivity index (χ0v) is 19.6. The number of benzene rings is 3. The quantitative estimate of drug-likeness (QED) is 0.344. The van der Waals surface area contributed by atoms with Crippen LogP contribution in [0.5, 0.6) is 0 Å². The number of hydrogen-bond acceptors (Lipinski definition) is 5. The van der Waals surface area contributed by atoms with Crippen LogP contribution in [0.4, 0.5) is 5.69 Å². The van der Waals surface area contributed by atoms with E-state index in [1.165, 1.54) is 25.1 Å². The minimum absolute atomic E-state index is 0.0973. The molecule has 10 heteroatoms. The van der Waals surface area contributed by atoms with E-state index in [9.17, 15) is 18.0 Å². The maximum absolute atomic E-state index is 13.0. The molecular weight excluding hydrogens is 466 g/mol. The molecule has 4 rings (SSSR count). The summed E-state index contributed by atoms with van der Waals surface area (Å²) in [6.07, 6.45) is 1.60. The number of amides is 2. The van der Waals surface area contributed by atoms with Crippen LogP contribution in [0.15, 0.2) is 91.1 Å². The molecule has 0 spiro atoms. The van der Waals surface area contributed by atoms with Crippen molar-refractivity contribution >= 4 is 27.5 Å². The molecule has 35 heavy (non-hydrogen) atoms. The Morgan fingerprint density at radius 3 is 2.20 bits per heavy atom. The number of hydrogen-bond donors (Lipinski definition) is 3. The van der Waals surface area contributed by atoms with E-state index in [0.29, 0.717) is 5.69 Å². The molecule has 1 heterocycles. The third-order valence-electron chi connectivity index (χ3n) is 5.09. The monoisotopic (exact) mass is 489 g/mol. The Hall–Kier alpha value is -4.44. The SMILES string of the molecule is CCS(=O)(=O)Nc1cccc(C(=O)NNC(=O)c2cn(-c3ccccc3)nc2-c2ccccc2)c1. The Labute approximate surface area is 202 Å². The van der Waals surface area contributed by atoms with E-state index < -0.39 is 21.8 Å². The minimum atomic E-state index is -3.49. The Bertz CT molecular complexity index is 1450. The second kappa shape index (κ2) is 10.2. The van der Waals surface area contributed by atoms with Crippen molar-refractivity contribution in [3.8, 4) is 16.9 Å². The molecule has 2 amide bonds. The maximum Gasteiger partial charge on any atom is 0.273 e. The van der Waals surface area contributed by atoms with Crippen LogP contribution in [0.2, 0.25) is 0 Å². The van der Waals surface area contributed by atoms with E-state index in [1.807, 2.05) is 60.7 Å². The van der Waals surface area contributed by atoms with Gasteiger partial charge in [-0.15, -0.1) is 0 Å². The predicted octanol–water partition coefficient (Wildman–Crippen LogP) is 3.38. The summed E-state index contributed by atoms with van der Waals surface area (Å²) in [4.78, 5) is 25.7. The van der Waals surface area contributed by atoms with Gasteiger partial charge >= 0.3 is 0 Å². The Morgan fingerprint density at radius 2 is 1.51 bits per heavy atom. The molecule has 3 aromatic carbocycles. The first kappa shape index (κ1) is 23.7. The number of hydrazine groups is 1. The molecule has 178 valence electrons. The van der Waals surface area contributed by atoms with E-state index in [2.05, 4.69) is 20.7 Å². The Balaban J connectivity index is 1.54. The van der Waals surface area contributed by atoms with Gasteiger partial charge in [-0.05, 0) is 37.3 Å². The average Bonchev–Trinajstić information content (AvgIpc) is 3.34. The van der Waals surface area contributed by atoms with Crippen LogP contribution in [0, 0.1) is 0 Å². The maximum atomic E-state index is 13.0. The molecule has 3 N–H and O–H groups in total. The van der Waals surface area contributed by atoms with Gasteiger partial charge in [0.25, 0.3) is 11.8 Å². The molecule has 0 unspecified atom stereocenters. The fraction of sp³-hybridized carbons (Fsp3) is 0.0800. The highest BCUT2D eigenvalue weighted by Gasteiger charge is 2.19. The largest absolute Gasteiger partial charge is 0.284 e. The molecule has 0 aliphatic rings. The van der Waals surface area contributed by atoms with Crippen LogP contribution < -0.4 is 15.6 Å². The van der Waals surface area contributed by atoms with Crippen molar-refractivity contribution in [1.29, 1.82) is 0 Å². The van der Waals surface area contributed by atoms with Gasteiger partial charge in [-0.25, -0.2) is 13.1 Å². The van der Waals surface area contributed by atoms with Gasteiger partial charge in [0.2, 0.25) is 10.0 Å². The number of nitrogens with one attached hydrogen (secondary N) is 3. The first-order valence-electron chi connectivity index (χ1n) is 10.8. The zero-order chi connectivity index (χ0) is 24.8. The first-order valence-corrected chi connectivity index (χ1v) is 12.4. The molecule has 0 fully saturated rings. The fourth-order valence-corrected chi connectivity index (χ4v) is 3.92. The van der Waals surface area contributed by atoms with Gasteiger partial charge < -0.3 is 0 Å². The summed E-state index contributed by atoms with van der Waals surface area (Å²) in [5.41, 5.74) is 7.47. The lowest BCUT2D eigenvalue weighted by Gasteiger charge is -2.10. The third-order valence-corrected chi connectivity index (χ3v) is 6.40. The first-order chi connectivity index (χ1) is 16.9. The van der Waals surface area contributed by atoms with Gasteiger partial charge in [-0.1, -0.05) is 54.6 Å². The van der Waals surface area contributed by atoms with Crippen LogP contribution in [0.25, 0.3) is 16.9 Å². The molecule has 0 aliphatic heterocycles. The minimum Gasteiger partial charge on any atom is -0.284 e. The van der Waals surface area contributed by atoms with Gasteiger partial charge in [0, 0.05) is 23.0 Å². The number of rotatable bonds is 7. The smallest absolute Gasteiger partial charge is 0.273 e. The molecule has 1 aromatic heterocycles. The van der Waals surface area contributed by atoms with Gasteiger partial charge in [0.05, 0.1) is 17.0 Å². The van der Waals surface area contributed by atoms with Gasteiger partial charge in [0.1, 0.15) is 5.69 Å². The average molecular weight is 490 g/mol. The van der Waals surface area contributed by atoms with Crippen molar-refractivity contribution in [3.63, 3.8) is 0 Å². The molecule has 9 nitrogen and oxygen atoms in total. The number of carbonyl (C=O) groups is 2. The summed E-state index contributed by atoms with van der Waals surface area (Å²) in [5, 5.41) is 4.59. The van der Waals surface area contributed by atoms with Gasteiger partial charge in [0.15, 0.2) is 0 Å². The van der Waals surface area contributed by atoms with Crippen LogP contribution in [0.3, 0.4) is 0 Å². The summed E-state index contributed by atoms with van der Waals surface area (Å²) in [5.74, 6) is -1.25. The number of carbonyl (C=O) groups excluding carboxylic acids is 2. The number of sulfonamides is 1. The van der Waals surface area contributed by atoms with Crippen molar-refractivity contribution in [2.24, 2.45) is 0 Å². The van der Waals surface area contributed by atoms with Crippen molar-refractivity contribution in [1.82, 2.24) is 20.6 Å². The molecule has 0 saturated heterocycles. The number of aromatic nitrogens is 2. The van der Waals surface area contributed by atoms with Crippen molar-refractivity contribution in [2.45, 2.75) is 6.92 Å². The Morgan fingerprint density at radius 1 is 0.857 bits per heavy atom. The fourth-order valence-electron chi connectivity index (χ4n) is 3.29. The number of para-hydroxylation sites is 1. The highest BCUT2D eigenvalue weighted by Crippen LogP contribution is 2.23. The second-order valence-corrected chi connectivity index (χ2v) is 9.54. The van der Waals surface area contributed by atoms with E-state index in [0.717, 1.165) is 11.3 Å². The third kappa shape index (κ3) is 5.74. The molecular formula is C25H23N5O4S. The molecule has 0 atom stereocenters. The standard InChI is InChI=1S/C25H23N5O4S/c1-2-35(33,34)29-20-13-9-12-19(16-20)24(31)26-27-25(32)22-17-30(21-14-7-4-8-15-21)28-23(22)18-10-5-3-6-11-18/h3-17,29H,2H2,1H3,(H,26,31)(H,27,32). The van der Waals surface area contributed by atoms with E-state index in [-0.39, 0.29) is 22.6 Å². The van der Waals surface area contributed by atoms with E-state index >= 15 is 0 Å². The lowest BCUT2D eigenvalue weighted by atomic mass is 10.1. The molecule has 0 aliphatic carbocycles. The molecule has 0 saturated carbocycles. The summed E-state index contributed by atoms with van der Waals surface area (Å²) in [7, 11) is -3.49. The molecule has 4 aromatic rings. The van der Waals surface area contributed by atoms with Crippen molar-refractivity contribution in [2.75, 3.05) is 10.5 Å². The molecule has 0 bridgehead atoms. The summed E-state index contributed by atoms with van der Waals surface area (Å²) < 4.78 is 27.6. The second-order valence-electron chi connectivity index (χ2n) is 7.53. The summed E-state index contributed by atoms with van der Waals surface area (Å²) in [6, 6.07) is 24.6. The van der Waals surface area contributed by atoms with E-state index in [4.69, 9.17) is 0 Å². The zero-order valence-electron chi connectivity index (χ0n) is 18.8. The topological polar surface area (TPSA) is 122 Å².